The number of primary amides is 1. The average Bonchev–Trinajstić information content (AvgIpc) is 3.28. The van der Waals surface area contributed by atoms with Crippen LogP contribution in [0, 0.1) is 0 Å². The first kappa shape index (κ1) is 23.0. The molecule has 1 aromatic heterocycles. The quantitative estimate of drug-likeness (QED) is 0.607. The van der Waals surface area contributed by atoms with Gasteiger partial charge in [0.15, 0.2) is 11.5 Å². The van der Waals surface area contributed by atoms with Crippen molar-refractivity contribution in [2.45, 2.75) is 45.4 Å². The number of carbonyl (C=O) groups is 2. The predicted molar refractivity (Wildman–Crippen MR) is 114 cm³/mol. The lowest BCUT2D eigenvalue weighted by molar-refractivity contribution is -0.120. The van der Waals surface area contributed by atoms with Crippen molar-refractivity contribution in [3.8, 4) is 11.5 Å². The molecule has 2 amide bonds. The van der Waals surface area contributed by atoms with E-state index in [0.29, 0.717) is 17.1 Å². The minimum atomic E-state index is -2.95. The number of hydrogen-bond acceptors (Lipinski definition) is 6. The van der Waals surface area contributed by atoms with E-state index in [1.807, 2.05) is 0 Å². The molecule has 2 aromatic rings. The number of nitrogens with zero attached hydrogens (tertiary/aromatic N) is 1. The van der Waals surface area contributed by atoms with E-state index in [1.54, 1.807) is 31.0 Å². The zero-order valence-electron chi connectivity index (χ0n) is 17.5. The molecule has 0 aliphatic heterocycles. The number of rotatable bonds is 9. The molecular weight excluding hydrogens is 428 g/mol. The number of likely N-dealkylation sites (N-methyl/N-ethyl adjacent to an activating group) is 1. The van der Waals surface area contributed by atoms with Crippen molar-refractivity contribution in [2.75, 3.05) is 19.5 Å². The number of methoxy groups -OCH3 is 1. The lowest BCUT2D eigenvalue weighted by Crippen LogP contribution is -2.39. The topological polar surface area (TPSA) is 93.9 Å². The van der Waals surface area contributed by atoms with Crippen molar-refractivity contribution < 1.29 is 27.8 Å². The van der Waals surface area contributed by atoms with Crippen LogP contribution in [0.15, 0.2) is 18.2 Å². The van der Waals surface area contributed by atoms with Crippen LogP contribution in [0.25, 0.3) is 0 Å². The summed E-state index contributed by atoms with van der Waals surface area (Å²) in [6.07, 6.45) is 2.67. The molecular formula is C21H25F2N3O4S. The third-order valence-corrected chi connectivity index (χ3v) is 6.53. The van der Waals surface area contributed by atoms with Crippen LogP contribution in [0.3, 0.4) is 0 Å². The van der Waals surface area contributed by atoms with E-state index >= 15 is 0 Å². The number of anilines is 1. The molecule has 3 rings (SSSR count). The summed E-state index contributed by atoms with van der Waals surface area (Å²) in [6, 6.07) is 4.11. The first-order valence-corrected chi connectivity index (χ1v) is 10.6. The van der Waals surface area contributed by atoms with Crippen molar-refractivity contribution in [3.05, 3.63) is 39.8 Å². The minimum Gasteiger partial charge on any atom is -0.493 e. The number of ether oxygens (including phenoxy) is 2. The molecule has 168 valence electrons. The van der Waals surface area contributed by atoms with Crippen molar-refractivity contribution in [3.63, 3.8) is 0 Å². The van der Waals surface area contributed by atoms with Crippen LogP contribution in [0.4, 0.5) is 13.8 Å². The Bertz CT molecular complexity index is 980. The van der Waals surface area contributed by atoms with E-state index in [2.05, 4.69) is 10.1 Å². The van der Waals surface area contributed by atoms with Crippen LogP contribution in [0.1, 0.15) is 39.7 Å². The molecule has 0 spiro atoms. The number of carbonyl (C=O) groups excluding carboxylic acids is 2. The van der Waals surface area contributed by atoms with Crippen LogP contribution in [-0.4, -0.2) is 43.5 Å². The summed E-state index contributed by atoms with van der Waals surface area (Å²) in [4.78, 5) is 27.6. The van der Waals surface area contributed by atoms with Crippen molar-refractivity contribution in [1.29, 1.82) is 0 Å². The number of hydrogen-bond donors (Lipinski definition) is 2. The second-order valence-corrected chi connectivity index (χ2v) is 8.47. The van der Waals surface area contributed by atoms with E-state index in [9.17, 15) is 18.4 Å². The van der Waals surface area contributed by atoms with Gasteiger partial charge in [-0.25, -0.2) is 0 Å². The summed E-state index contributed by atoms with van der Waals surface area (Å²) < 4.78 is 34.5. The zero-order chi connectivity index (χ0) is 22.7. The van der Waals surface area contributed by atoms with Crippen LogP contribution < -0.4 is 20.5 Å². The van der Waals surface area contributed by atoms with Crippen molar-refractivity contribution in [1.82, 2.24) is 4.90 Å². The molecule has 1 unspecified atom stereocenters. The summed E-state index contributed by atoms with van der Waals surface area (Å²) in [6.45, 7) is -0.842. The Morgan fingerprint density at radius 3 is 2.68 bits per heavy atom. The zero-order valence-corrected chi connectivity index (χ0v) is 18.4. The Labute approximate surface area is 183 Å². The largest absolute Gasteiger partial charge is 0.493 e. The van der Waals surface area contributed by atoms with Gasteiger partial charge in [-0.05, 0) is 56.5 Å². The molecule has 1 aliphatic rings. The maximum Gasteiger partial charge on any atom is 0.387 e. The van der Waals surface area contributed by atoms with Crippen LogP contribution in [-0.2, 0) is 24.2 Å². The van der Waals surface area contributed by atoms with Gasteiger partial charge in [0.2, 0.25) is 5.91 Å². The van der Waals surface area contributed by atoms with Gasteiger partial charge in [0.1, 0.15) is 5.00 Å². The molecule has 0 bridgehead atoms. The summed E-state index contributed by atoms with van der Waals surface area (Å²) >= 11 is 1.41. The second-order valence-electron chi connectivity index (χ2n) is 7.37. The summed E-state index contributed by atoms with van der Waals surface area (Å²) in [7, 11) is 3.13. The van der Waals surface area contributed by atoms with Gasteiger partial charge in [-0.2, -0.15) is 8.78 Å². The highest BCUT2D eigenvalue weighted by atomic mass is 32.1. The highest BCUT2D eigenvalue weighted by molar-refractivity contribution is 7.17. The Hall–Kier alpha value is -2.72. The number of amides is 2. The van der Waals surface area contributed by atoms with Gasteiger partial charge < -0.3 is 20.5 Å². The van der Waals surface area contributed by atoms with E-state index in [1.165, 1.54) is 24.5 Å². The van der Waals surface area contributed by atoms with Gasteiger partial charge in [-0.15, -0.1) is 11.3 Å². The highest BCUT2D eigenvalue weighted by Crippen LogP contribution is 2.39. The number of alkyl halides is 2. The molecule has 1 aliphatic carbocycles. The van der Waals surface area contributed by atoms with Crippen LogP contribution in [0.2, 0.25) is 0 Å². The molecule has 1 heterocycles. The summed E-state index contributed by atoms with van der Waals surface area (Å²) in [5, 5.41) is 3.35. The fraction of sp³-hybridized carbons (Fsp3) is 0.429. The van der Waals surface area contributed by atoms with Gasteiger partial charge in [0, 0.05) is 11.4 Å². The van der Waals surface area contributed by atoms with E-state index < -0.39 is 18.6 Å². The number of benzene rings is 1. The van der Waals surface area contributed by atoms with Gasteiger partial charge in [0.25, 0.3) is 5.91 Å². The maximum absolute atomic E-state index is 12.8. The molecule has 0 fully saturated rings. The number of aryl methyl sites for hydroxylation is 1. The van der Waals surface area contributed by atoms with Gasteiger partial charge in [-0.3, -0.25) is 14.5 Å². The average molecular weight is 454 g/mol. The Morgan fingerprint density at radius 1 is 1.29 bits per heavy atom. The molecule has 1 aromatic carbocycles. The number of halogens is 2. The van der Waals surface area contributed by atoms with Crippen LogP contribution in [0.5, 0.6) is 11.5 Å². The third kappa shape index (κ3) is 5.13. The Balaban J connectivity index is 1.69. The lowest BCUT2D eigenvalue weighted by Gasteiger charge is -2.24. The van der Waals surface area contributed by atoms with Gasteiger partial charge >= 0.3 is 6.61 Å². The molecule has 3 N–H and O–H groups in total. The molecule has 10 heteroatoms. The fourth-order valence-corrected chi connectivity index (χ4v) is 4.90. The minimum absolute atomic E-state index is 0.0561. The molecule has 1 atom stereocenters. The molecule has 0 saturated heterocycles. The number of nitrogens with one attached hydrogen (secondary N) is 1. The van der Waals surface area contributed by atoms with Gasteiger partial charge in [0.05, 0.1) is 18.7 Å². The third-order valence-electron chi connectivity index (χ3n) is 5.32. The standard InChI is InChI=1S/C21H25F2N3O4S/c1-11(19(28)25-20-17(18(24)27)13-5-4-6-16(13)31-20)26(2)10-12-7-8-14(30-21(22)23)15(9-12)29-3/h7-9,11,21H,4-6,10H2,1-3H3,(H2,24,27)(H,25,28). The van der Waals surface area contributed by atoms with E-state index in [0.717, 1.165) is 35.3 Å². The SMILES string of the molecule is COc1cc(CN(C)C(C)C(=O)Nc2sc3c(c2C(N)=O)CCC3)ccc1OC(F)F. The predicted octanol–water partition coefficient (Wildman–Crippen LogP) is 3.40. The first-order valence-electron chi connectivity index (χ1n) is 9.78. The number of fused-ring (bicyclic) bond motifs is 1. The van der Waals surface area contributed by atoms with Crippen molar-refractivity contribution in [2.24, 2.45) is 5.73 Å². The molecule has 0 radical (unpaired) electrons. The monoisotopic (exact) mass is 453 g/mol. The fourth-order valence-electron chi connectivity index (χ4n) is 3.60. The first-order chi connectivity index (χ1) is 14.7. The maximum atomic E-state index is 12.8. The highest BCUT2D eigenvalue weighted by Gasteiger charge is 2.28. The van der Waals surface area contributed by atoms with Gasteiger partial charge in [-0.1, -0.05) is 6.07 Å². The Morgan fingerprint density at radius 2 is 2.03 bits per heavy atom. The van der Waals surface area contributed by atoms with E-state index in [-0.39, 0.29) is 17.4 Å². The summed E-state index contributed by atoms with van der Waals surface area (Å²) in [5.74, 6) is -0.676. The molecule has 7 nitrogen and oxygen atoms in total. The lowest BCUT2D eigenvalue weighted by atomic mass is 10.1. The molecule has 0 saturated carbocycles. The molecule has 31 heavy (non-hydrogen) atoms. The summed E-state index contributed by atoms with van der Waals surface area (Å²) in [5.41, 5.74) is 7.68. The Kier molecular flexibility index (Phi) is 7.11. The van der Waals surface area contributed by atoms with E-state index in [4.69, 9.17) is 10.5 Å². The normalized spacial score (nSPS) is 13.9. The number of nitrogens with two attached hydrogens (primary N) is 1. The second kappa shape index (κ2) is 9.61. The number of thiophene rings is 1. The van der Waals surface area contributed by atoms with Crippen molar-refractivity contribution >= 4 is 28.2 Å². The van der Waals surface area contributed by atoms with Crippen LogP contribution >= 0.6 is 11.3 Å². The smallest absolute Gasteiger partial charge is 0.387 e.